The van der Waals surface area contributed by atoms with Crippen LogP contribution in [-0.4, -0.2) is 33.9 Å². The Morgan fingerprint density at radius 1 is 1.06 bits per heavy atom. The van der Waals surface area contributed by atoms with E-state index in [1.165, 1.54) is 6.33 Å². The molecule has 1 amide bonds. The van der Waals surface area contributed by atoms with Crippen LogP contribution in [0.15, 0.2) is 66.1 Å². The third-order valence-electron chi connectivity index (χ3n) is 4.99. The number of anilines is 2. The van der Waals surface area contributed by atoms with Crippen LogP contribution in [0.3, 0.4) is 0 Å². The summed E-state index contributed by atoms with van der Waals surface area (Å²) in [6.07, 6.45) is 1.47. The molecule has 2 aromatic carbocycles. The smallest absolute Gasteiger partial charge is 0.255 e. The van der Waals surface area contributed by atoms with Crippen LogP contribution in [0.4, 0.5) is 11.6 Å². The fourth-order valence-electron chi connectivity index (χ4n) is 3.71. The number of ether oxygens (including phenoxy) is 2. The van der Waals surface area contributed by atoms with Crippen LogP contribution < -0.4 is 20.1 Å². The molecule has 2 heterocycles. The highest BCUT2D eigenvalue weighted by Gasteiger charge is 2.35. The van der Waals surface area contributed by atoms with Crippen molar-refractivity contribution in [2.45, 2.75) is 26.8 Å². The van der Waals surface area contributed by atoms with Crippen LogP contribution in [0.2, 0.25) is 0 Å². The van der Waals surface area contributed by atoms with Crippen LogP contribution in [0.1, 0.15) is 32.4 Å². The number of fused-ring (bicyclic) bond motifs is 1. The molecule has 1 aliphatic rings. The summed E-state index contributed by atoms with van der Waals surface area (Å²) in [7, 11) is 0. The zero-order valence-corrected chi connectivity index (χ0v) is 17.8. The van der Waals surface area contributed by atoms with Crippen LogP contribution >= 0.6 is 0 Å². The molecular weight excluding hydrogens is 394 g/mol. The number of para-hydroxylation sites is 3. The molecule has 0 fully saturated rings. The Morgan fingerprint density at radius 2 is 1.74 bits per heavy atom. The number of hydrogen-bond donors (Lipinski definition) is 2. The second-order valence-corrected chi connectivity index (χ2v) is 6.95. The first-order chi connectivity index (χ1) is 15.1. The standard InChI is InChI=1S/C23H25N5O3/c1-4-30-18-12-8-6-10-16(18)21-20(15(3)26-23-24-14-25-28(21)23)22(29)27-17-11-7-9-13-19(17)31-5-2/h6-14,21H,4-5H2,1-3H3,(H,27,29)(H,24,25,26)/t21-/m1/s1. The molecule has 0 saturated heterocycles. The molecule has 0 unspecified atom stereocenters. The Kier molecular flexibility index (Phi) is 5.88. The van der Waals surface area contributed by atoms with Gasteiger partial charge in [0, 0.05) is 11.3 Å². The molecule has 0 bridgehead atoms. The Labute approximate surface area is 180 Å². The minimum atomic E-state index is -0.499. The maximum Gasteiger partial charge on any atom is 0.255 e. The molecule has 0 saturated carbocycles. The molecule has 0 spiro atoms. The van der Waals surface area contributed by atoms with Gasteiger partial charge in [-0.15, -0.1) is 0 Å². The van der Waals surface area contributed by atoms with Gasteiger partial charge in [-0.05, 0) is 39.0 Å². The summed E-state index contributed by atoms with van der Waals surface area (Å²) in [6.45, 7) is 6.71. The van der Waals surface area contributed by atoms with Gasteiger partial charge >= 0.3 is 0 Å². The van der Waals surface area contributed by atoms with Crippen molar-refractivity contribution in [2.75, 3.05) is 23.8 Å². The molecule has 4 rings (SSSR count). The lowest BCUT2D eigenvalue weighted by Crippen LogP contribution is -2.31. The van der Waals surface area contributed by atoms with Crippen LogP contribution in [0.5, 0.6) is 11.5 Å². The molecule has 0 aliphatic carbocycles. The van der Waals surface area contributed by atoms with Crippen molar-refractivity contribution < 1.29 is 14.3 Å². The Bertz CT molecular complexity index is 1120. The second kappa shape index (κ2) is 8.91. The van der Waals surface area contributed by atoms with Crippen LogP contribution in [0.25, 0.3) is 0 Å². The van der Waals surface area contributed by atoms with Gasteiger partial charge in [0.15, 0.2) is 0 Å². The van der Waals surface area contributed by atoms with Crippen molar-refractivity contribution in [1.82, 2.24) is 14.8 Å². The molecule has 8 heteroatoms. The highest BCUT2D eigenvalue weighted by atomic mass is 16.5. The number of allylic oxidation sites excluding steroid dienone is 1. The van der Waals surface area contributed by atoms with Gasteiger partial charge in [-0.2, -0.15) is 10.1 Å². The lowest BCUT2D eigenvalue weighted by molar-refractivity contribution is -0.113. The SMILES string of the molecule is CCOc1ccccc1NC(=O)C1=C(C)Nc2ncnn2[C@@H]1c1ccccc1OCC. The summed E-state index contributed by atoms with van der Waals surface area (Å²) in [5.41, 5.74) is 2.66. The number of carbonyl (C=O) groups is 1. The number of nitrogens with zero attached hydrogens (tertiary/aromatic N) is 3. The highest BCUT2D eigenvalue weighted by molar-refractivity contribution is 6.06. The number of carbonyl (C=O) groups excluding carboxylic acids is 1. The van der Waals surface area contributed by atoms with E-state index in [0.717, 1.165) is 5.56 Å². The quantitative estimate of drug-likeness (QED) is 0.602. The Hall–Kier alpha value is -3.81. The molecule has 31 heavy (non-hydrogen) atoms. The average Bonchev–Trinajstić information content (AvgIpc) is 3.23. The molecule has 160 valence electrons. The first kappa shape index (κ1) is 20.5. The van der Waals surface area contributed by atoms with E-state index < -0.39 is 6.04 Å². The van der Waals surface area contributed by atoms with E-state index in [4.69, 9.17) is 9.47 Å². The van der Waals surface area contributed by atoms with Crippen LogP contribution in [-0.2, 0) is 4.79 Å². The monoisotopic (exact) mass is 419 g/mol. The average molecular weight is 419 g/mol. The fraction of sp³-hybridized carbons (Fsp3) is 0.261. The van der Waals surface area contributed by atoms with E-state index in [2.05, 4.69) is 20.7 Å². The summed E-state index contributed by atoms with van der Waals surface area (Å²) < 4.78 is 13.2. The van der Waals surface area contributed by atoms with E-state index in [0.29, 0.717) is 47.6 Å². The van der Waals surface area contributed by atoms with E-state index in [9.17, 15) is 4.79 Å². The zero-order chi connectivity index (χ0) is 21.8. The van der Waals surface area contributed by atoms with E-state index in [-0.39, 0.29) is 5.91 Å². The summed E-state index contributed by atoms with van der Waals surface area (Å²) in [4.78, 5) is 17.8. The molecule has 3 aromatic rings. The van der Waals surface area contributed by atoms with E-state index in [1.807, 2.05) is 69.3 Å². The van der Waals surface area contributed by atoms with Crippen molar-refractivity contribution in [3.05, 3.63) is 71.7 Å². The number of amides is 1. The fourth-order valence-corrected chi connectivity index (χ4v) is 3.71. The van der Waals surface area contributed by atoms with Gasteiger partial charge in [0.1, 0.15) is 23.9 Å². The molecule has 0 radical (unpaired) electrons. The van der Waals surface area contributed by atoms with Gasteiger partial charge in [-0.3, -0.25) is 4.79 Å². The van der Waals surface area contributed by atoms with Gasteiger partial charge in [0.2, 0.25) is 5.95 Å². The minimum Gasteiger partial charge on any atom is -0.494 e. The highest BCUT2D eigenvalue weighted by Crippen LogP contribution is 2.39. The normalized spacial score (nSPS) is 15.1. The van der Waals surface area contributed by atoms with E-state index >= 15 is 0 Å². The topological polar surface area (TPSA) is 90.3 Å². The summed E-state index contributed by atoms with van der Waals surface area (Å²) in [5, 5.41) is 10.6. The summed E-state index contributed by atoms with van der Waals surface area (Å²) in [6, 6.07) is 14.6. The van der Waals surface area contributed by atoms with Crippen LogP contribution in [0, 0.1) is 0 Å². The number of hydrogen-bond acceptors (Lipinski definition) is 6. The van der Waals surface area contributed by atoms with Crippen molar-refractivity contribution in [2.24, 2.45) is 0 Å². The third kappa shape index (κ3) is 3.96. The van der Waals surface area contributed by atoms with Gasteiger partial charge in [0.25, 0.3) is 5.91 Å². The number of rotatable bonds is 7. The van der Waals surface area contributed by atoms with Crippen molar-refractivity contribution in [3.63, 3.8) is 0 Å². The van der Waals surface area contributed by atoms with Crippen molar-refractivity contribution >= 4 is 17.5 Å². The van der Waals surface area contributed by atoms with Gasteiger partial charge in [0.05, 0.1) is 24.5 Å². The third-order valence-corrected chi connectivity index (χ3v) is 4.99. The zero-order valence-electron chi connectivity index (χ0n) is 17.8. The first-order valence-electron chi connectivity index (χ1n) is 10.3. The molecule has 2 N–H and O–H groups in total. The number of aromatic nitrogens is 3. The second-order valence-electron chi connectivity index (χ2n) is 6.95. The largest absolute Gasteiger partial charge is 0.494 e. The van der Waals surface area contributed by atoms with E-state index in [1.54, 1.807) is 4.68 Å². The predicted molar refractivity (Wildman–Crippen MR) is 118 cm³/mol. The first-order valence-corrected chi connectivity index (χ1v) is 10.3. The minimum absolute atomic E-state index is 0.255. The van der Waals surface area contributed by atoms with Gasteiger partial charge in [-0.25, -0.2) is 4.68 Å². The summed E-state index contributed by atoms with van der Waals surface area (Å²) in [5.74, 6) is 1.63. The number of nitrogens with one attached hydrogen (secondary N) is 2. The van der Waals surface area contributed by atoms with Crippen molar-refractivity contribution in [1.29, 1.82) is 0 Å². The lowest BCUT2D eigenvalue weighted by atomic mass is 9.94. The van der Waals surface area contributed by atoms with Gasteiger partial charge in [-0.1, -0.05) is 30.3 Å². The molecule has 8 nitrogen and oxygen atoms in total. The molecular formula is C23H25N5O3. The maximum absolute atomic E-state index is 13.6. The molecule has 1 atom stereocenters. The number of benzene rings is 2. The Morgan fingerprint density at radius 3 is 2.52 bits per heavy atom. The van der Waals surface area contributed by atoms with Gasteiger partial charge < -0.3 is 20.1 Å². The maximum atomic E-state index is 13.6. The predicted octanol–water partition coefficient (Wildman–Crippen LogP) is 4.00. The van der Waals surface area contributed by atoms with Crippen molar-refractivity contribution in [3.8, 4) is 11.5 Å². The summed E-state index contributed by atoms with van der Waals surface area (Å²) >= 11 is 0. The Balaban J connectivity index is 1.77. The lowest BCUT2D eigenvalue weighted by Gasteiger charge is -2.29. The molecule has 1 aliphatic heterocycles. The molecule has 1 aromatic heterocycles.